The lowest BCUT2D eigenvalue weighted by molar-refractivity contribution is -0.125. The average Bonchev–Trinajstić information content (AvgIpc) is 3.48. The Morgan fingerprint density at radius 1 is 1.48 bits per heavy atom. The summed E-state index contributed by atoms with van der Waals surface area (Å²) >= 11 is 0. The summed E-state index contributed by atoms with van der Waals surface area (Å²) in [5.74, 6) is 1.49. The molecule has 0 radical (unpaired) electrons. The van der Waals surface area contributed by atoms with Crippen molar-refractivity contribution in [2.75, 3.05) is 51.5 Å². The van der Waals surface area contributed by atoms with Crippen molar-refractivity contribution in [2.24, 2.45) is 11.7 Å². The highest BCUT2D eigenvalue weighted by Crippen LogP contribution is 2.51. The van der Waals surface area contributed by atoms with E-state index in [0.29, 0.717) is 44.3 Å². The predicted octanol–water partition coefficient (Wildman–Crippen LogP) is 1.27. The molecule has 0 spiro atoms. The molecule has 0 bridgehead atoms. The standard InChI is InChI=1S/C23H32N6O4.2H2/c1-15(12-31-2)33-17-8-16-11-23(16,25)18(9-17)22(24)19-10-20(28-14-27-19)29-5-3-4-26-21(30)13-32-7-6-29;;/h8-10,14-16,24H,3-7,11-13,25H2,1-2H3,(H,26,30);2*1H/t15-,16?,23?;;/m0../s1. The van der Waals surface area contributed by atoms with Crippen LogP contribution >= 0.6 is 0 Å². The maximum atomic E-state index is 11.6. The van der Waals surface area contributed by atoms with Gasteiger partial charge in [-0.05, 0) is 31.9 Å². The molecule has 1 saturated heterocycles. The lowest BCUT2D eigenvalue weighted by Crippen LogP contribution is -2.37. The average molecular weight is 461 g/mol. The molecule has 1 aromatic heterocycles. The number of fused-ring (bicyclic) bond motifs is 1. The van der Waals surface area contributed by atoms with E-state index in [1.54, 1.807) is 7.11 Å². The highest BCUT2D eigenvalue weighted by molar-refractivity contribution is 6.12. The molecular formula is C23H36N6O4. The second-order valence-corrected chi connectivity index (χ2v) is 8.74. The van der Waals surface area contributed by atoms with Gasteiger partial charge in [0.1, 0.15) is 30.6 Å². The van der Waals surface area contributed by atoms with E-state index < -0.39 is 5.54 Å². The summed E-state index contributed by atoms with van der Waals surface area (Å²) in [5.41, 5.74) is 7.58. The Hall–Kier alpha value is -2.82. The van der Waals surface area contributed by atoms with E-state index >= 15 is 0 Å². The summed E-state index contributed by atoms with van der Waals surface area (Å²) in [6, 6.07) is 1.82. The number of nitrogens with zero attached hydrogens (tertiary/aromatic N) is 3. The minimum Gasteiger partial charge on any atom is -0.489 e. The molecule has 1 aromatic rings. The summed E-state index contributed by atoms with van der Waals surface area (Å²) in [7, 11) is 1.64. The Kier molecular flexibility index (Phi) is 7.06. The Morgan fingerprint density at radius 2 is 2.33 bits per heavy atom. The fourth-order valence-corrected chi connectivity index (χ4v) is 4.25. The SMILES string of the molecule is COC[C@H](C)OC1=CC2CC2(N)C(C(=N)c2cc(N3CCCNC(=O)COCC3)ncn2)=C1.[HH].[HH]. The zero-order chi connectivity index (χ0) is 23.4. The van der Waals surface area contributed by atoms with Gasteiger partial charge < -0.3 is 30.2 Å². The second kappa shape index (κ2) is 9.98. The van der Waals surface area contributed by atoms with Crippen LogP contribution in [-0.4, -0.2) is 79.8 Å². The van der Waals surface area contributed by atoms with Crippen molar-refractivity contribution in [3.8, 4) is 0 Å². The number of anilines is 1. The van der Waals surface area contributed by atoms with Crippen molar-refractivity contribution in [3.05, 3.63) is 41.6 Å². The third-order valence-corrected chi connectivity index (χ3v) is 6.12. The fourth-order valence-electron chi connectivity index (χ4n) is 4.25. The lowest BCUT2D eigenvalue weighted by atomic mass is 9.92. The zero-order valence-electron chi connectivity index (χ0n) is 19.2. The molecule has 2 aliphatic carbocycles. The number of carbonyl (C=O) groups excluding carboxylic acids is 1. The molecule has 4 rings (SSSR count). The number of nitrogens with one attached hydrogen (secondary N) is 2. The molecule has 3 aliphatic rings. The number of rotatable bonds is 7. The Labute approximate surface area is 196 Å². The third kappa shape index (κ3) is 5.40. The van der Waals surface area contributed by atoms with E-state index in [4.69, 9.17) is 25.4 Å². The van der Waals surface area contributed by atoms with Gasteiger partial charge in [0, 0.05) is 47.2 Å². The van der Waals surface area contributed by atoms with Crippen LogP contribution in [0.5, 0.6) is 0 Å². The Bertz CT molecular complexity index is 961. The van der Waals surface area contributed by atoms with Gasteiger partial charge in [-0.1, -0.05) is 0 Å². The number of hydrogen-bond acceptors (Lipinski definition) is 9. The maximum absolute atomic E-state index is 11.6. The number of methoxy groups -OCH3 is 1. The molecule has 1 amide bonds. The second-order valence-electron chi connectivity index (χ2n) is 8.74. The molecule has 10 heteroatoms. The van der Waals surface area contributed by atoms with E-state index in [2.05, 4.69) is 20.2 Å². The molecule has 2 heterocycles. The smallest absolute Gasteiger partial charge is 0.245 e. The molecule has 182 valence electrons. The molecular weight excluding hydrogens is 424 g/mol. The van der Waals surface area contributed by atoms with Crippen LogP contribution in [0.25, 0.3) is 0 Å². The zero-order valence-corrected chi connectivity index (χ0v) is 19.2. The van der Waals surface area contributed by atoms with Crippen molar-refractivity contribution >= 4 is 17.4 Å². The predicted molar refractivity (Wildman–Crippen MR) is 127 cm³/mol. The molecule has 10 nitrogen and oxygen atoms in total. The molecule has 3 atom stereocenters. The van der Waals surface area contributed by atoms with Crippen molar-refractivity contribution in [1.82, 2.24) is 15.3 Å². The maximum Gasteiger partial charge on any atom is 0.245 e. The molecule has 4 N–H and O–H groups in total. The quantitative estimate of drug-likeness (QED) is 0.518. The monoisotopic (exact) mass is 460 g/mol. The lowest BCUT2D eigenvalue weighted by Gasteiger charge is -2.26. The molecule has 2 fully saturated rings. The first kappa shape index (κ1) is 23.3. The van der Waals surface area contributed by atoms with Gasteiger partial charge in [0.25, 0.3) is 0 Å². The van der Waals surface area contributed by atoms with Crippen LogP contribution < -0.4 is 16.0 Å². The number of carbonyl (C=O) groups is 1. The van der Waals surface area contributed by atoms with Crippen LogP contribution in [0.15, 0.2) is 35.9 Å². The van der Waals surface area contributed by atoms with Gasteiger partial charge in [-0.25, -0.2) is 9.97 Å². The first-order valence-corrected chi connectivity index (χ1v) is 11.3. The largest absolute Gasteiger partial charge is 0.489 e. The van der Waals surface area contributed by atoms with E-state index in [9.17, 15) is 4.79 Å². The number of hydrogen-bond donors (Lipinski definition) is 3. The van der Waals surface area contributed by atoms with Gasteiger partial charge in [0.2, 0.25) is 5.91 Å². The molecule has 33 heavy (non-hydrogen) atoms. The van der Waals surface area contributed by atoms with E-state index in [-0.39, 0.29) is 33.1 Å². The Morgan fingerprint density at radius 3 is 3.15 bits per heavy atom. The summed E-state index contributed by atoms with van der Waals surface area (Å²) < 4.78 is 16.6. The first-order valence-electron chi connectivity index (χ1n) is 11.3. The van der Waals surface area contributed by atoms with Crippen LogP contribution in [0.1, 0.15) is 28.3 Å². The van der Waals surface area contributed by atoms with Crippen LogP contribution in [0.4, 0.5) is 5.82 Å². The highest BCUT2D eigenvalue weighted by atomic mass is 16.5. The van der Waals surface area contributed by atoms with Crippen molar-refractivity contribution in [2.45, 2.75) is 31.4 Å². The molecule has 2 unspecified atom stereocenters. The van der Waals surface area contributed by atoms with Crippen molar-refractivity contribution < 1.29 is 21.9 Å². The summed E-state index contributed by atoms with van der Waals surface area (Å²) in [5, 5.41) is 11.7. The van der Waals surface area contributed by atoms with E-state index in [0.717, 1.165) is 24.2 Å². The normalized spacial score (nSPS) is 26.3. The third-order valence-electron chi connectivity index (χ3n) is 6.12. The van der Waals surface area contributed by atoms with Crippen molar-refractivity contribution in [1.29, 1.82) is 5.41 Å². The van der Waals surface area contributed by atoms with Gasteiger partial charge in [-0.15, -0.1) is 0 Å². The fraction of sp³-hybridized carbons (Fsp3) is 0.565. The summed E-state index contributed by atoms with van der Waals surface area (Å²) in [6.45, 7) is 4.77. The number of nitrogens with two attached hydrogens (primary N) is 1. The number of ether oxygens (including phenoxy) is 3. The first-order chi connectivity index (χ1) is 15.9. The molecule has 0 aromatic carbocycles. The number of allylic oxidation sites excluding steroid dienone is 1. The van der Waals surface area contributed by atoms with Gasteiger partial charge >= 0.3 is 0 Å². The minimum absolute atomic E-state index is 0. The number of aromatic nitrogens is 2. The molecule has 1 saturated carbocycles. The van der Waals surface area contributed by atoms with Gasteiger partial charge in [0.05, 0.1) is 30.2 Å². The summed E-state index contributed by atoms with van der Waals surface area (Å²) in [6.07, 6.45) is 6.84. The van der Waals surface area contributed by atoms with Gasteiger partial charge in [-0.2, -0.15) is 0 Å². The minimum atomic E-state index is -0.553. The van der Waals surface area contributed by atoms with Crippen LogP contribution in [0.2, 0.25) is 0 Å². The van der Waals surface area contributed by atoms with Crippen LogP contribution in [-0.2, 0) is 19.0 Å². The topological polar surface area (TPSA) is 136 Å². The van der Waals surface area contributed by atoms with Crippen molar-refractivity contribution in [3.63, 3.8) is 0 Å². The van der Waals surface area contributed by atoms with Gasteiger partial charge in [-0.3, -0.25) is 10.2 Å². The molecule has 1 aliphatic heterocycles. The van der Waals surface area contributed by atoms with Crippen LogP contribution in [0, 0.1) is 11.3 Å². The van der Waals surface area contributed by atoms with Gasteiger partial charge in [0.15, 0.2) is 0 Å². The number of amides is 1. The van der Waals surface area contributed by atoms with E-state index in [1.165, 1.54) is 6.33 Å². The summed E-state index contributed by atoms with van der Waals surface area (Å²) in [4.78, 5) is 22.4. The van der Waals surface area contributed by atoms with E-state index in [1.807, 2.05) is 25.1 Å². The van der Waals surface area contributed by atoms with Crippen LogP contribution in [0.3, 0.4) is 0 Å². The highest BCUT2D eigenvalue weighted by Gasteiger charge is 2.55. The Balaban J connectivity index is 0.00000216.